The van der Waals surface area contributed by atoms with Crippen LogP contribution in [0.25, 0.3) is 0 Å². The molecule has 0 spiro atoms. The van der Waals surface area contributed by atoms with Crippen LogP contribution in [-0.2, 0) is 9.53 Å². The summed E-state index contributed by atoms with van der Waals surface area (Å²) >= 11 is 0. The molecule has 0 heterocycles. The Kier molecular flexibility index (Phi) is 7.63. The molecule has 0 rings (SSSR count). The Balaban J connectivity index is 3.59. The molecule has 0 bridgehead atoms. The Morgan fingerprint density at radius 2 is 2.31 bits per heavy atom. The SMILES string of the molecule is CCCOCC(CCN)CC(=O)O. The van der Waals surface area contributed by atoms with E-state index in [-0.39, 0.29) is 12.3 Å². The van der Waals surface area contributed by atoms with Crippen molar-refractivity contribution in [1.82, 2.24) is 0 Å². The summed E-state index contributed by atoms with van der Waals surface area (Å²) in [7, 11) is 0. The zero-order valence-corrected chi connectivity index (χ0v) is 8.16. The molecular weight excluding hydrogens is 170 g/mol. The van der Waals surface area contributed by atoms with Gasteiger partial charge in [-0.2, -0.15) is 0 Å². The van der Waals surface area contributed by atoms with Gasteiger partial charge in [0.2, 0.25) is 0 Å². The first-order chi connectivity index (χ1) is 6.20. The van der Waals surface area contributed by atoms with Crippen molar-refractivity contribution < 1.29 is 14.6 Å². The third-order valence-corrected chi connectivity index (χ3v) is 1.74. The molecule has 0 saturated carbocycles. The summed E-state index contributed by atoms with van der Waals surface area (Å²) in [6, 6.07) is 0. The minimum absolute atomic E-state index is 0.0639. The molecule has 13 heavy (non-hydrogen) atoms. The van der Waals surface area contributed by atoms with E-state index in [1.807, 2.05) is 6.92 Å². The van der Waals surface area contributed by atoms with Crippen molar-refractivity contribution in [3.05, 3.63) is 0 Å². The van der Waals surface area contributed by atoms with Gasteiger partial charge in [0.1, 0.15) is 0 Å². The number of rotatable bonds is 8. The van der Waals surface area contributed by atoms with Crippen LogP contribution in [0.3, 0.4) is 0 Å². The van der Waals surface area contributed by atoms with Crippen LogP contribution in [0.1, 0.15) is 26.2 Å². The number of carbonyl (C=O) groups is 1. The van der Waals surface area contributed by atoms with Crippen molar-refractivity contribution in [2.45, 2.75) is 26.2 Å². The van der Waals surface area contributed by atoms with Crippen LogP contribution in [0.4, 0.5) is 0 Å². The molecule has 4 nitrogen and oxygen atoms in total. The zero-order chi connectivity index (χ0) is 10.1. The number of ether oxygens (including phenoxy) is 1. The van der Waals surface area contributed by atoms with Gasteiger partial charge in [-0.1, -0.05) is 6.92 Å². The zero-order valence-electron chi connectivity index (χ0n) is 8.16. The van der Waals surface area contributed by atoms with Crippen LogP contribution in [0, 0.1) is 5.92 Å². The van der Waals surface area contributed by atoms with Crippen LogP contribution >= 0.6 is 0 Å². The van der Waals surface area contributed by atoms with E-state index in [1.165, 1.54) is 0 Å². The van der Waals surface area contributed by atoms with Gasteiger partial charge in [0.25, 0.3) is 0 Å². The minimum atomic E-state index is -0.779. The van der Waals surface area contributed by atoms with E-state index in [0.29, 0.717) is 19.8 Å². The second-order valence-corrected chi connectivity index (χ2v) is 3.12. The average molecular weight is 189 g/mol. The highest BCUT2D eigenvalue weighted by Gasteiger charge is 2.12. The minimum Gasteiger partial charge on any atom is -0.481 e. The van der Waals surface area contributed by atoms with Crippen LogP contribution in [-0.4, -0.2) is 30.8 Å². The Morgan fingerprint density at radius 3 is 2.77 bits per heavy atom. The second kappa shape index (κ2) is 8.01. The molecule has 0 fully saturated rings. The molecule has 0 aromatic rings. The quantitative estimate of drug-likeness (QED) is 0.555. The lowest BCUT2D eigenvalue weighted by molar-refractivity contribution is -0.138. The van der Waals surface area contributed by atoms with E-state index in [4.69, 9.17) is 15.6 Å². The molecule has 4 heteroatoms. The van der Waals surface area contributed by atoms with Gasteiger partial charge < -0.3 is 15.6 Å². The number of hydrogen-bond acceptors (Lipinski definition) is 3. The number of carboxylic acids is 1. The van der Waals surface area contributed by atoms with Crippen molar-refractivity contribution in [3.63, 3.8) is 0 Å². The molecule has 0 aromatic carbocycles. The first-order valence-electron chi connectivity index (χ1n) is 4.70. The summed E-state index contributed by atoms with van der Waals surface area (Å²) in [5.41, 5.74) is 5.36. The van der Waals surface area contributed by atoms with E-state index in [9.17, 15) is 4.79 Å². The van der Waals surface area contributed by atoms with E-state index < -0.39 is 5.97 Å². The monoisotopic (exact) mass is 189 g/mol. The lowest BCUT2D eigenvalue weighted by Crippen LogP contribution is -2.18. The van der Waals surface area contributed by atoms with Crippen LogP contribution in [0.5, 0.6) is 0 Å². The fourth-order valence-electron chi connectivity index (χ4n) is 1.12. The standard InChI is InChI=1S/C9H19NO3/c1-2-5-13-7-8(3-4-10)6-9(11)12/h8H,2-7,10H2,1H3,(H,11,12). The highest BCUT2D eigenvalue weighted by Crippen LogP contribution is 2.08. The van der Waals surface area contributed by atoms with E-state index in [1.54, 1.807) is 0 Å². The van der Waals surface area contributed by atoms with Crippen LogP contribution < -0.4 is 5.73 Å². The lowest BCUT2D eigenvalue weighted by Gasteiger charge is -2.13. The molecule has 78 valence electrons. The molecule has 0 aliphatic carbocycles. The predicted molar refractivity (Wildman–Crippen MR) is 50.5 cm³/mol. The Labute approximate surface area is 79.1 Å². The fourth-order valence-corrected chi connectivity index (χ4v) is 1.12. The van der Waals surface area contributed by atoms with Crippen molar-refractivity contribution in [2.24, 2.45) is 11.7 Å². The smallest absolute Gasteiger partial charge is 0.303 e. The number of nitrogens with two attached hydrogens (primary N) is 1. The summed E-state index contributed by atoms with van der Waals surface area (Å²) in [6.45, 7) is 3.75. The van der Waals surface area contributed by atoms with Crippen molar-refractivity contribution >= 4 is 5.97 Å². The third kappa shape index (κ3) is 7.74. The molecule has 0 radical (unpaired) electrons. The molecule has 1 atom stereocenters. The maximum atomic E-state index is 10.4. The molecule has 0 aliphatic heterocycles. The van der Waals surface area contributed by atoms with E-state index in [0.717, 1.165) is 12.8 Å². The average Bonchev–Trinajstić information content (AvgIpc) is 2.04. The first kappa shape index (κ1) is 12.4. The second-order valence-electron chi connectivity index (χ2n) is 3.12. The van der Waals surface area contributed by atoms with Gasteiger partial charge in [-0.3, -0.25) is 4.79 Å². The van der Waals surface area contributed by atoms with Gasteiger partial charge >= 0.3 is 5.97 Å². The van der Waals surface area contributed by atoms with Crippen LogP contribution in [0.2, 0.25) is 0 Å². The van der Waals surface area contributed by atoms with Gasteiger partial charge in [-0.25, -0.2) is 0 Å². The molecule has 0 aromatic heterocycles. The highest BCUT2D eigenvalue weighted by atomic mass is 16.5. The molecular formula is C9H19NO3. The predicted octanol–water partition coefficient (Wildman–Crippen LogP) is 0.853. The molecule has 3 N–H and O–H groups in total. The Bertz CT molecular complexity index is 139. The van der Waals surface area contributed by atoms with Gasteiger partial charge in [-0.05, 0) is 25.3 Å². The summed E-state index contributed by atoms with van der Waals surface area (Å²) < 4.78 is 5.28. The largest absolute Gasteiger partial charge is 0.481 e. The third-order valence-electron chi connectivity index (χ3n) is 1.74. The summed E-state index contributed by atoms with van der Waals surface area (Å²) in [5, 5.41) is 8.57. The van der Waals surface area contributed by atoms with Gasteiger partial charge in [0.05, 0.1) is 6.42 Å². The maximum absolute atomic E-state index is 10.4. The Morgan fingerprint density at radius 1 is 1.62 bits per heavy atom. The number of carboxylic acid groups (broad SMARTS) is 1. The molecule has 1 unspecified atom stereocenters. The first-order valence-corrected chi connectivity index (χ1v) is 4.70. The lowest BCUT2D eigenvalue weighted by atomic mass is 10.0. The van der Waals surface area contributed by atoms with Gasteiger partial charge in [0.15, 0.2) is 0 Å². The summed E-state index contributed by atoms with van der Waals surface area (Å²) in [4.78, 5) is 10.4. The maximum Gasteiger partial charge on any atom is 0.303 e. The highest BCUT2D eigenvalue weighted by molar-refractivity contribution is 5.67. The van der Waals surface area contributed by atoms with Crippen LogP contribution in [0.15, 0.2) is 0 Å². The van der Waals surface area contributed by atoms with Crippen molar-refractivity contribution in [1.29, 1.82) is 0 Å². The van der Waals surface area contributed by atoms with Gasteiger partial charge in [0, 0.05) is 13.2 Å². The van der Waals surface area contributed by atoms with Crippen molar-refractivity contribution in [3.8, 4) is 0 Å². The van der Waals surface area contributed by atoms with Gasteiger partial charge in [-0.15, -0.1) is 0 Å². The topological polar surface area (TPSA) is 72.5 Å². The molecule has 0 saturated heterocycles. The van der Waals surface area contributed by atoms with E-state index in [2.05, 4.69) is 0 Å². The normalized spacial score (nSPS) is 12.8. The Hall–Kier alpha value is -0.610. The van der Waals surface area contributed by atoms with Crippen molar-refractivity contribution in [2.75, 3.05) is 19.8 Å². The van der Waals surface area contributed by atoms with E-state index >= 15 is 0 Å². The number of aliphatic carboxylic acids is 1. The summed E-state index contributed by atoms with van der Waals surface area (Å²) in [5.74, 6) is -0.715. The molecule has 0 amide bonds. The fraction of sp³-hybridized carbons (Fsp3) is 0.889. The molecule has 0 aliphatic rings. The summed E-state index contributed by atoms with van der Waals surface area (Å²) in [6.07, 6.45) is 1.83. The number of hydrogen-bond donors (Lipinski definition) is 2.